The fraction of sp³-hybridized carbons (Fsp3) is 0.0476. The summed E-state index contributed by atoms with van der Waals surface area (Å²) in [7, 11) is 0. The number of amides is 1. The van der Waals surface area contributed by atoms with E-state index >= 15 is 0 Å². The fourth-order valence-corrected chi connectivity index (χ4v) is 3.29. The van der Waals surface area contributed by atoms with Gasteiger partial charge in [0.25, 0.3) is 5.78 Å². The number of nitrogens with zero attached hydrogens (tertiary/aromatic N) is 3. The van der Waals surface area contributed by atoms with Crippen molar-refractivity contribution in [3.05, 3.63) is 94.8 Å². The summed E-state index contributed by atoms with van der Waals surface area (Å²) < 4.78 is 0. The summed E-state index contributed by atoms with van der Waals surface area (Å²) in [6, 6.07) is 16.1. The highest BCUT2D eigenvalue weighted by molar-refractivity contribution is 6.51. The highest BCUT2D eigenvalue weighted by Gasteiger charge is 2.48. The van der Waals surface area contributed by atoms with Crippen LogP contribution in [0.15, 0.2) is 78.6 Å². The van der Waals surface area contributed by atoms with Crippen molar-refractivity contribution in [2.24, 2.45) is 0 Å². The number of aliphatic hydroxyl groups is 1. The Hall–Kier alpha value is -3.51. The van der Waals surface area contributed by atoms with E-state index in [1.807, 2.05) is 0 Å². The summed E-state index contributed by atoms with van der Waals surface area (Å²) in [4.78, 5) is 35.1. The Kier molecular flexibility index (Phi) is 4.63. The molecule has 1 aliphatic heterocycles. The molecular weight excluding hydrogens is 378 g/mol. The van der Waals surface area contributed by atoms with Crippen LogP contribution in [0.4, 0.5) is 5.95 Å². The van der Waals surface area contributed by atoms with Gasteiger partial charge in [0, 0.05) is 23.0 Å². The van der Waals surface area contributed by atoms with Crippen LogP contribution in [0.1, 0.15) is 17.2 Å². The standard InChI is InChI=1S/C21H14ClN3O3/c22-15-9-7-13(8-10-15)17-16(18(26)14-5-2-1-3-6-14)19(27)20(28)25(17)21-23-11-4-12-24-21/h1-12,17,26H/b18-16+/t17-/m0/s1. The zero-order valence-electron chi connectivity index (χ0n) is 14.5. The Morgan fingerprint density at radius 2 is 1.57 bits per heavy atom. The third-order valence-corrected chi connectivity index (χ3v) is 4.70. The second kappa shape index (κ2) is 7.25. The van der Waals surface area contributed by atoms with Crippen molar-refractivity contribution >= 4 is 35.0 Å². The Morgan fingerprint density at radius 1 is 0.929 bits per heavy atom. The molecule has 1 amide bonds. The van der Waals surface area contributed by atoms with E-state index in [9.17, 15) is 14.7 Å². The lowest BCUT2D eigenvalue weighted by molar-refractivity contribution is -0.132. The summed E-state index contributed by atoms with van der Waals surface area (Å²) in [6.07, 6.45) is 2.97. The van der Waals surface area contributed by atoms with Gasteiger partial charge in [0.05, 0.1) is 11.6 Å². The quantitative estimate of drug-likeness (QED) is 0.417. The molecule has 1 fully saturated rings. The first-order valence-electron chi connectivity index (χ1n) is 8.47. The maximum Gasteiger partial charge on any atom is 0.302 e. The number of hydrogen-bond acceptors (Lipinski definition) is 5. The zero-order chi connectivity index (χ0) is 19.7. The second-order valence-corrected chi connectivity index (χ2v) is 6.57. The molecule has 3 aromatic rings. The molecule has 2 heterocycles. The molecular formula is C21H14ClN3O3. The largest absolute Gasteiger partial charge is 0.507 e. The third kappa shape index (κ3) is 3.04. The minimum atomic E-state index is -0.875. The first kappa shape index (κ1) is 17.9. The van der Waals surface area contributed by atoms with Gasteiger partial charge in [-0.2, -0.15) is 0 Å². The summed E-state index contributed by atoms with van der Waals surface area (Å²) in [6.45, 7) is 0. The van der Waals surface area contributed by atoms with Crippen LogP contribution in [0.2, 0.25) is 5.02 Å². The van der Waals surface area contributed by atoms with Gasteiger partial charge in [-0.25, -0.2) is 9.97 Å². The van der Waals surface area contributed by atoms with Crippen LogP contribution in [-0.2, 0) is 9.59 Å². The van der Waals surface area contributed by atoms with E-state index in [1.165, 1.54) is 17.3 Å². The molecule has 0 radical (unpaired) electrons. The van der Waals surface area contributed by atoms with Gasteiger partial charge < -0.3 is 5.11 Å². The molecule has 0 unspecified atom stereocenters. The van der Waals surface area contributed by atoms with Gasteiger partial charge >= 0.3 is 5.91 Å². The number of carbonyl (C=O) groups is 2. The molecule has 0 bridgehead atoms. The Bertz CT molecular complexity index is 1070. The number of carbonyl (C=O) groups excluding carboxylic acids is 2. The molecule has 6 nitrogen and oxygen atoms in total. The Morgan fingerprint density at radius 3 is 2.21 bits per heavy atom. The van der Waals surface area contributed by atoms with E-state index in [4.69, 9.17) is 11.6 Å². The molecule has 138 valence electrons. The van der Waals surface area contributed by atoms with E-state index in [-0.39, 0.29) is 17.3 Å². The van der Waals surface area contributed by atoms with Crippen LogP contribution in [0, 0.1) is 0 Å². The van der Waals surface area contributed by atoms with Crippen LogP contribution in [0.25, 0.3) is 5.76 Å². The van der Waals surface area contributed by atoms with Crippen molar-refractivity contribution in [2.75, 3.05) is 4.90 Å². The summed E-state index contributed by atoms with van der Waals surface area (Å²) in [5.41, 5.74) is 1.02. The van der Waals surface area contributed by atoms with Crippen molar-refractivity contribution in [1.82, 2.24) is 9.97 Å². The molecule has 28 heavy (non-hydrogen) atoms. The third-order valence-electron chi connectivity index (χ3n) is 4.45. The number of aromatic nitrogens is 2. The van der Waals surface area contributed by atoms with Crippen LogP contribution in [-0.4, -0.2) is 26.8 Å². The van der Waals surface area contributed by atoms with Crippen molar-refractivity contribution < 1.29 is 14.7 Å². The van der Waals surface area contributed by atoms with Crippen molar-refractivity contribution in [3.63, 3.8) is 0 Å². The van der Waals surface area contributed by atoms with Crippen LogP contribution in [0.3, 0.4) is 0 Å². The number of anilines is 1. The first-order valence-corrected chi connectivity index (χ1v) is 8.84. The molecule has 1 aromatic heterocycles. The summed E-state index contributed by atoms with van der Waals surface area (Å²) >= 11 is 5.99. The monoisotopic (exact) mass is 391 g/mol. The predicted molar refractivity (Wildman–Crippen MR) is 105 cm³/mol. The lowest BCUT2D eigenvalue weighted by Gasteiger charge is -2.23. The van der Waals surface area contributed by atoms with E-state index in [1.54, 1.807) is 60.7 Å². The normalized spacial score (nSPS) is 18.5. The molecule has 1 aliphatic rings. The summed E-state index contributed by atoms with van der Waals surface area (Å²) in [5, 5.41) is 11.4. The van der Waals surface area contributed by atoms with E-state index in [0.29, 0.717) is 16.1 Å². The molecule has 2 aromatic carbocycles. The van der Waals surface area contributed by atoms with Gasteiger partial charge in [0.15, 0.2) is 0 Å². The number of Topliss-reactive ketones (excluding diaryl/α,β-unsaturated/α-hetero) is 1. The maximum absolute atomic E-state index is 12.9. The maximum atomic E-state index is 12.9. The van der Waals surface area contributed by atoms with E-state index < -0.39 is 17.7 Å². The van der Waals surface area contributed by atoms with Gasteiger partial charge in [-0.1, -0.05) is 54.1 Å². The topological polar surface area (TPSA) is 83.4 Å². The van der Waals surface area contributed by atoms with Gasteiger partial charge in [-0.15, -0.1) is 0 Å². The highest BCUT2D eigenvalue weighted by Crippen LogP contribution is 2.41. The average Bonchev–Trinajstić information content (AvgIpc) is 3.00. The van der Waals surface area contributed by atoms with Crippen molar-refractivity contribution in [3.8, 4) is 0 Å². The van der Waals surface area contributed by atoms with Crippen LogP contribution < -0.4 is 4.90 Å². The molecule has 0 aliphatic carbocycles. The first-order chi connectivity index (χ1) is 13.6. The summed E-state index contributed by atoms with van der Waals surface area (Å²) in [5.74, 6) is -1.77. The minimum Gasteiger partial charge on any atom is -0.507 e. The molecule has 0 spiro atoms. The average molecular weight is 392 g/mol. The highest BCUT2D eigenvalue weighted by atomic mass is 35.5. The fourth-order valence-electron chi connectivity index (χ4n) is 3.17. The number of rotatable bonds is 3. The number of hydrogen-bond donors (Lipinski definition) is 1. The smallest absolute Gasteiger partial charge is 0.302 e. The van der Waals surface area contributed by atoms with Crippen molar-refractivity contribution in [1.29, 1.82) is 0 Å². The van der Waals surface area contributed by atoms with Crippen molar-refractivity contribution in [2.45, 2.75) is 6.04 Å². The Balaban J connectivity index is 1.95. The lowest BCUT2D eigenvalue weighted by atomic mass is 9.95. The number of aliphatic hydroxyl groups excluding tert-OH is 1. The van der Waals surface area contributed by atoms with Gasteiger partial charge in [-0.3, -0.25) is 14.5 Å². The van der Waals surface area contributed by atoms with Gasteiger partial charge in [0.1, 0.15) is 5.76 Å². The zero-order valence-corrected chi connectivity index (χ0v) is 15.2. The molecule has 4 rings (SSSR count). The van der Waals surface area contributed by atoms with Gasteiger partial charge in [-0.05, 0) is 23.8 Å². The molecule has 1 atom stereocenters. The number of halogens is 1. The minimum absolute atomic E-state index is 0.0222. The SMILES string of the molecule is O=C1C(=O)N(c2ncccn2)[C@@H](c2ccc(Cl)cc2)/C1=C(\O)c1ccccc1. The Labute approximate surface area is 165 Å². The predicted octanol–water partition coefficient (Wildman–Crippen LogP) is 3.76. The van der Waals surface area contributed by atoms with E-state index in [0.717, 1.165) is 0 Å². The number of ketones is 1. The molecule has 1 saturated heterocycles. The lowest BCUT2D eigenvalue weighted by Crippen LogP contribution is -2.31. The second-order valence-electron chi connectivity index (χ2n) is 6.14. The van der Waals surface area contributed by atoms with Gasteiger partial charge in [0.2, 0.25) is 5.95 Å². The molecule has 0 saturated carbocycles. The number of benzene rings is 2. The van der Waals surface area contributed by atoms with Crippen LogP contribution in [0.5, 0.6) is 0 Å². The van der Waals surface area contributed by atoms with E-state index in [2.05, 4.69) is 9.97 Å². The molecule has 1 N–H and O–H groups in total. The van der Waals surface area contributed by atoms with Crippen LogP contribution >= 0.6 is 11.6 Å². The molecule has 7 heteroatoms.